The zero-order valence-electron chi connectivity index (χ0n) is 15.2. The maximum atomic E-state index is 14.5. The van der Waals surface area contributed by atoms with Crippen molar-refractivity contribution in [3.63, 3.8) is 0 Å². The van der Waals surface area contributed by atoms with Gasteiger partial charge in [0.2, 0.25) is 10.0 Å². The van der Waals surface area contributed by atoms with Gasteiger partial charge in [-0.1, -0.05) is 42.5 Å². The summed E-state index contributed by atoms with van der Waals surface area (Å²) in [5.74, 6) is 0.372. The van der Waals surface area contributed by atoms with E-state index in [1.165, 1.54) is 18.2 Å². The summed E-state index contributed by atoms with van der Waals surface area (Å²) in [5, 5.41) is 5.16. The molecule has 0 aliphatic heterocycles. The number of aromatic nitrogens is 1. The quantitative estimate of drug-likeness (QED) is 0.531. The van der Waals surface area contributed by atoms with Crippen LogP contribution in [0.1, 0.15) is 11.5 Å². The molecule has 0 aliphatic carbocycles. The van der Waals surface area contributed by atoms with Gasteiger partial charge in [-0.3, -0.25) is 0 Å². The maximum absolute atomic E-state index is 14.5. The summed E-state index contributed by atoms with van der Waals surface area (Å²) in [5.41, 5.74) is 2.24. The summed E-state index contributed by atoms with van der Waals surface area (Å²) in [6.45, 7) is 0. The van der Waals surface area contributed by atoms with Gasteiger partial charge >= 0.3 is 0 Å². The summed E-state index contributed by atoms with van der Waals surface area (Å²) in [7, 11) is -3.81. The van der Waals surface area contributed by atoms with Crippen molar-refractivity contribution in [2.45, 2.75) is 11.3 Å². The van der Waals surface area contributed by atoms with Crippen LogP contribution >= 0.6 is 0 Å². The van der Waals surface area contributed by atoms with E-state index in [0.29, 0.717) is 34.9 Å². The highest BCUT2D eigenvalue weighted by Crippen LogP contribution is 2.35. The van der Waals surface area contributed by atoms with E-state index in [2.05, 4.69) is 4.98 Å². The van der Waals surface area contributed by atoms with Crippen LogP contribution < -0.4 is 5.14 Å². The Morgan fingerprint density at radius 3 is 2.21 bits per heavy atom. The fraction of sp³-hybridized carbons (Fsp3) is 0.0455. The molecule has 0 fully saturated rings. The second kappa shape index (κ2) is 7.62. The van der Waals surface area contributed by atoms with E-state index < -0.39 is 15.8 Å². The van der Waals surface area contributed by atoms with E-state index in [0.717, 1.165) is 5.56 Å². The van der Waals surface area contributed by atoms with Crippen LogP contribution in [0.15, 0.2) is 88.2 Å². The summed E-state index contributed by atoms with van der Waals surface area (Å²) in [6.07, 6.45) is 0.442. The summed E-state index contributed by atoms with van der Waals surface area (Å²) >= 11 is 0. The molecule has 3 aromatic carbocycles. The van der Waals surface area contributed by atoms with Crippen molar-refractivity contribution >= 4 is 10.0 Å². The third-order valence-corrected chi connectivity index (χ3v) is 5.37. The SMILES string of the molecule is NS(=O)(=O)c1ccc(-c2oc(Cc3ccccc3)nc2-c2ccccc2F)cc1. The Morgan fingerprint density at radius 1 is 0.897 bits per heavy atom. The molecule has 5 nitrogen and oxygen atoms in total. The van der Waals surface area contributed by atoms with Crippen LogP contribution in [-0.2, 0) is 16.4 Å². The molecular weight excluding hydrogens is 391 g/mol. The fourth-order valence-corrected chi connectivity index (χ4v) is 3.55. The average molecular weight is 408 g/mol. The Morgan fingerprint density at radius 2 is 1.55 bits per heavy atom. The van der Waals surface area contributed by atoms with Gasteiger partial charge in [-0.05, 0) is 42.0 Å². The zero-order chi connectivity index (χ0) is 20.4. The van der Waals surface area contributed by atoms with Crippen LogP contribution in [0.2, 0.25) is 0 Å². The Hall–Kier alpha value is -3.29. The van der Waals surface area contributed by atoms with Gasteiger partial charge in [-0.2, -0.15) is 0 Å². The molecule has 146 valence electrons. The highest BCUT2D eigenvalue weighted by Gasteiger charge is 2.20. The van der Waals surface area contributed by atoms with Crippen molar-refractivity contribution < 1.29 is 17.2 Å². The number of oxazole rings is 1. The Kier molecular flexibility index (Phi) is 5.00. The average Bonchev–Trinajstić information content (AvgIpc) is 3.12. The second-order valence-corrected chi connectivity index (χ2v) is 8.06. The Labute approximate surface area is 167 Å². The standard InChI is InChI=1S/C22H17FN2O3S/c23-19-9-5-4-8-18(19)21-22(16-10-12-17(13-11-16)29(24,26)27)28-20(25-21)14-15-6-2-1-3-7-15/h1-13H,14H2,(H2,24,26,27). The molecule has 0 atom stereocenters. The van der Waals surface area contributed by atoms with Crippen molar-refractivity contribution in [2.75, 3.05) is 0 Å². The molecule has 1 heterocycles. The first-order chi connectivity index (χ1) is 13.9. The van der Waals surface area contributed by atoms with Gasteiger partial charge in [0.25, 0.3) is 0 Å². The first kappa shape index (κ1) is 19.0. The van der Waals surface area contributed by atoms with Gasteiger partial charge in [0.15, 0.2) is 11.7 Å². The Bertz CT molecular complexity index is 1250. The molecule has 4 rings (SSSR count). The third kappa shape index (κ3) is 4.11. The summed E-state index contributed by atoms with van der Waals surface area (Å²) in [6, 6.07) is 21.9. The number of rotatable bonds is 5. The molecule has 0 unspecified atom stereocenters. The predicted molar refractivity (Wildman–Crippen MR) is 108 cm³/mol. The highest BCUT2D eigenvalue weighted by atomic mass is 32.2. The zero-order valence-corrected chi connectivity index (χ0v) is 16.1. The van der Waals surface area contributed by atoms with Crippen LogP contribution in [0.25, 0.3) is 22.6 Å². The van der Waals surface area contributed by atoms with Crippen molar-refractivity contribution in [1.29, 1.82) is 0 Å². The second-order valence-electron chi connectivity index (χ2n) is 6.50. The van der Waals surface area contributed by atoms with E-state index in [1.807, 2.05) is 30.3 Å². The van der Waals surface area contributed by atoms with E-state index in [9.17, 15) is 12.8 Å². The van der Waals surface area contributed by atoms with E-state index in [4.69, 9.17) is 9.56 Å². The lowest BCUT2D eigenvalue weighted by Crippen LogP contribution is -2.11. The number of halogens is 1. The number of nitrogens with zero attached hydrogens (tertiary/aromatic N) is 1. The first-order valence-corrected chi connectivity index (χ1v) is 10.4. The highest BCUT2D eigenvalue weighted by molar-refractivity contribution is 7.89. The molecule has 0 spiro atoms. The molecule has 29 heavy (non-hydrogen) atoms. The smallest absolute Gasteiger partial charge is 0.238 e. The molecule has 0 radical (unpaired) electrons. The third-order valence-electron chi connectivity index (χ3n) is 4.44. The largest absolute Gasteiger partial charge is 0.440 e. The maximum Gasteiger partial charge on any atom is 0.238 e. The van der Waals surface area contributed by atoms with Gasteiger partial charge in [-0.15, -0.1) is 0 Å². The molecule has 0 amide bonds. The molecule has 7 heteroatoms. The number of sulfonamides is 1. The monoisotopic (exact) mass is 408 g/mol. The molecule has 4 aromatic rings. The number of nitrogens with two attached hydrogens (primary N) is 1. The van der Waals surface area contributed by atoms with Crippen LogP contribution in [0.5, 0.6) is 0 Å². The van der Waals surface area contributed by atoms with Gasteiger partial charge in [0.1, 0.15) is 11.5 Å². The lowest BCUT2D eigenvalue weighted by molar-refractivity contribution is 0.519. The van der Waals surface area contributed by atoms with E-state index >= 15 is 0 Å². The molecule has 0 saturated heterocycles. The number of benzene rings is 3. The lowest BCUT2D eigenvalue weighted by atomic mass is 10.1. The molecular formula is C22H17FN2O3S. The molecule has 2 N–H and O–H groups in total. The molecule has 1 aromatic heterocycles. The summed E-state index contributed by atoms with van der Waals surface area (Å²) < 4.78 is 43.5. The minimum atomic E-state index is -3.81. The molecule has 0 bridgehead atoms. The first-order valence-electron chi connectivity index (χ1n) is 8.83. The number of primary sulfonamides is 1. The van der Waals surface area contributed by atoms with Crippen LogP contribution in [0.3, 0.4) is 0 Å². The van der Waals surface area contributed by atoms with Crippen LogP contribution in [-0.4, -0.2) is 13.4 Å². The molecule has 0 saturated carbocycles. The lowest BCUT2D eigenvalue weighted by Gasteiger charge is -2.04. The fourth-order valence-electron chi connectivity index (χ4n) is 3.04. The van der Waals surface area contributed by atoms with Crippen LogP contribution in [0, 0.1) is 5.82 Å². The topological polar surface area (TPSA) is 86.2 Å². The van der Waals surface area contributed by atoms with Gasteiger partial charge in [0.05, 0.1) is 4.90 Å². The van der Waals surface area contributed by atoms with Crippen molar-refractivity contribution in [1.82, 2.24) is 4.98 Å². The minimum absolute atomic E-state index is 0.0160. The van der Waals surface area contributed by atoms with E-state index in [1.54, 1.807) is 30.3 Å². The number of hydrogen-bond acceptors (Lipinski definition) is 4. The van der Waals surface area contributed by atoms with Crippen molar-refractivity contribution in [3.8, 4) is 22.6 Å². The molecule has 0 aliphatic rings. The number of hydrogen-bond donors (Lipinski definition) is 1. The minimum Gasteiger partial charge on any atom is -0.440 e. The van der Waals surface area contributed by atoms with Gasteiger partial charge in [-0.25, -0.2) is 22.9 Å². The van der Waals surface area contributed by atoms with Crippen LogP contribution in [0.4, 0.5) is 4.39 Å². The van der Waals surface area contributed by atoms with Crippen molar-refractivity contribution in [2.24, 2.45) is 5.14 Å². The van der Waals surface area contributed by atoms with Crippen molar-refractivity contribution in [3.05, 3.63) is 96.1 Å². The normalized spacial score (nSPS) is 11.5. The van der Waals surface area contributed by atoms with Gasteiger partial charge in [0, 0.05) is 17.5 Å². The summed E-state index contributed by atoms with van der Waals surface area (Å²) in [4.78, 5) is 4.52. The predicted octanol–water partition coefficient (Wildman–Crippen LogP) is 4.39. The Balaban J connectivity index is 1.82. The van der Waals surface area contributed by atoms with Gasteiger partial charge < -0.3 is 4.42 Å². The van der Waals surface area contributed by atoms with E-state index in [-0.39, 0.29) is 4.90 Å².